The average Bonchev–Trinajstić information content (AvgIpc) is 2.88. The van der Waals surface area contributed by atoms with Crippen molar-refractivity contribution in [3.05, 3.63) is 23.8 Å². The van der Waals surface area contributed by atoms with E-state index in [1.165, 1.54) is 13.5 Å². The number of ether oxygens (including phenoxy) is 1. The van der Waals surface area contributed by atoms with Crippen molar-refractivity contribution in [2.24, 2.45) is 11.8 Å². The minimum absolute atomic E-state index is 0.376. The Morgan fingerprint density at radius 3 is 2.79 bits per heavy atom. The van der Waals surface area contributed by atoms with Crippen LogP contribution in [0.3, 0.4) is 0 Å². The molecule has 1 saturated heterocycles. The smallest absolute Gasteiger partial charge is 0.340 e. The summed E-state index contributed by atoms with van der Waals surface area (Å²) >= 11 is 0. The molecule has 1 fully saturated rings. The van der Waals surface area contributed by atoms with Crippen LogP contribution in [-0.2, 0) is 4.74 Å². The summed E-state index contributed by atoms with van der Waals surface area (Å²) < 4.78 is 4.76. The first-order chi connectivity index (χ1) is 9.02. The Labute approximate surface area is 114 Å². The number of carbonyl (C=O) groups is 1. The maximum Gasteiger partial charge on any atom is 0.340 e. The molecule has 2 rings (SSSR count). The molecule has 1 aliphatic rings. The van der Waals surface area contributed by atoms with E-state index < -0.39 is 0 Å². The maximum absolute atomic E-state index is 11.7. The third-order valence-electron chi connectivity index (χ3n) is 3.97. The van der Waals surface area contributed by atoms with Gasteiger partial charge in [-0.2, -0.15) is 0 Å². The normalized spacial score (nSPS) is 18.9. The molecule has 1 aromatic carbocycles. The highest BCUT2D eigenvalue weighted by Crippen LogP contribution is 2.30. The molecule has 0 aromatic heterocycles. The van der Waals surface area contributed by atoms with Crippen LogP contribution in [0.25, 0.3) is 0 Å². The Kier molecular flexibility index (Phi) is 3.98. The number of benzene rings is 1. The van der Waals surface area contributed by atoms with E-state index >= 15 is 0 Å². The van der Waals surface area contributed by atoms with Crippen molar-refractivity contribution in [3.63, 3.8) is 0 Å². The third-order valence-corrected chi connectivity index (χ3v) is 3.97. The highest BCUT2D eigenvalue weighted by Gasteiger charge is 2.25. The highest BCUT2D eigenvalue weighted by atomic mass is 16.5. The Morgan fingerprint density at radius 1 is 1.47 bits per heavy atom. The van der Waals surface area contributed by atoms with Gasteiger partial charge in [0.1, 0.15) is 0 Å². The molecule has 0 amide bonds. The molecule has 0 radical (unpaired) electrons. The van der Waals surface area contributed by atoms with Gasteiger partial charge in [0, 0.05) is 24.5 Å². The van der Waals surface area contributed by atoms with Gasteiger partial charge < -0.3 is 15.4 Å². The number of nitrogens with zero attached hydrogens (tertiary/aromatic N) is 1. The highest BCUT2D eigenvalue weighted by molar-refractivity contribution is 5.96. The lowest BCUT2D eigenvalue weighted by atomic mass is 9.95. The van der Waals surface area contributed by atoms with Gasteiger partial charge in [-0.1, -0.05) is 13.8 Å². The Morgan fingerprint density at radius 2 is 2.21 bits per heavy atom. The molecule has 104 valence electrons. The van der Waals surface area contributed by atoms with Crippen LogP contribution in [0.5, 0.6) is 0 Å². The standard InChI is InChI=1S/C15H22N2O2/c1-10(2)11-6-7-17(9-11)12-4-5-14(16)13(8-12)15(18)19-3/h4-5,8,10-11H,6-7,9,16H2,1-3H3. The van der Waals surface area contributed by atoms with Crippen LogP contribution in [0.4, 0.5) is 11.4 Å². The van der Waals surface area contributed by atoms with Crippen molar-refractivity contribution in [1.82, 2.24) is 0 Å². The monoisotopic (exact) mass is 262 g/mol. The minimum Gasteiger partial charge on any atom is -0.465 e. The summed E-state index contributed by atoms with van der Waals surface area (Å²) in [6.07, 6.45) is 1.20. The summed E-state index contributed by atoms with van der Waals surface area (Å²) in [4.78, 5) is 14.0. The van der Waals surface area contributed by atoms with Crippen molar-refractivity contribution < 1.29 is 9.53 Å². The number of nitrogen functional groups attached to an aromatic ring is 1. The molecule has 1 aliphatic heterocycles. The van der Waals surface area contributed by atoms with E-state index in [1.807, 2.05) is 12.1 Å². The first-order valence-corrected chi connectivity index (χ1v) is 6.75. The summed E-state index contributed by atoms with van der Waals surface area (Å²) in [5.74, 6) is 1.04. The molecule has 2 N–H and O–H groups in total. The number of rotatable bonds is 3. The van der Waals surface area contributed by atoms with Crippen molar-refractivity contribution in [2.75, 3.05) is 30.8 Å². The van der Waals surface area contributed by atoms with E-state index in [-0.39, 0.29) is 5.97 Å². The Hall–Kier alpha value is -1.71. The topological polar surface area (TPSA) is 55.6 Å². The van der Waals surface area contributed by atoms with Crippen LogP contribution in [0.1, 0.15) is 30.6 Å². The van der Waals surface area contributed by atoms with Gasteiger partial charge in [-0.25, -0.2) is 4.79 Å². The molecule has 1 heterocycles. The second-order valence-corrected chi connectivity index (χ2v) is 5.50. The van der Waals surface area contributed by atoms with E-state index in [9.17, 15) is 4.79 Å². The molecule has 0 saturated carbocycles. The van der Waals surface area contributed by atoms with Crippen LogP contribution in [0.2, 0.25) is 0 Å². The van der Waals surface area contributed by atoms with E-state index in [0.717, 1.165) is 24.7 Å². The summed E-state index contributed by atoms with van der Waals surface area (Å²) in [6, 6.07) is 5.60. The van der Waals surface area contributed by atoms with Crippen molar-refractivity contribution in [2.45, 2.75) is 20.3 Å². The Balaban J connectivity index is 2.20. The Bertz CT molecular complexity index is 471. The summed E-state index contributed by atoms with van der Waals surface area (Å²) in [5.41, 5.74) is 7.79. The van der Waals surface area contributed by atoms with Crippen molar-refractivity contribution in [3.8, 4) is 0 Å². The quantitative estimate of drug-likeness (QED) is 0.672. The van der Waals surface area contributed by atoms with Gasteiger partial charge in [0.05, 0.1) is 12.7 Å². The molecule has 0 bridgehead atoms. The molecular weight excluding hydrogens is 240 g/mol. The first-order valence-electron chi connectivity index (χ1n) is 6.75. The fourth-order valence-electron chi connectivity index (χ4n) is 2.59. The summed E-state index contributed by atoms with van der Waals surface area (Å²) in [7, 11) is 1.37. The van der Waals surface area contributed by atoms with Gasteiger partial charge >= 0.3 is 5.97 Å². The molecule has 1 unspecified atom stereocenters. The third kappa shape index (κ3) is 2.83. The predicted octanol–water partition coefficient (Wildman–Crippen LogP) is 2.54. The van der Waals surface area contributed by atoms with Gasteiger partial charge in [0.25, 0.3) is 0 Å². The minimum atomic E-state index is -0.376. The van der Waals surface area contributed by atoms with Crippen LogP contribution < -0.4 is 10.6 Å². The van der Waals surface area contributed by atoms with E-state index in [1.54, 1.807) is 6.07 Å². The predicted molar refractivity (Wildman–Crippen MR) is 77.4 cm³/mol. The van der Waals surface area contributed by atoms with Gasteiger partial charge in [0.2, 0.25) is 0 Å². The average molecular weight is 262 g/mol. The number of hydrogen-bond donors (Lipinski definition) is 1. The molecule has 4 nitrogen and oxygen atoms in total. The fourth-order valence-corrected chi connectivity index (χ4v) is 2.59. The lowest BCUT2D eigenvalue weighted by Gasteiger charge is -2.21. The molecule has 1 atom stereocenters. The number of esters is 1. The SMILES string of the molecule is COC(=O)c1cc(N2CCC(C(C)C)C2)ccc1N. The van der Waals surface area contributed by atoms with E-state index in [2.05, 4.69) is 18.7 Å². The van der Waals surface area contributed by atoms with Crippen LogP contribution in [-0.4, -0.2) is 26.2 Å². The zero-order valence-corrected chi connectivity index (χ0v) is 11.8. The van der Waals surface area contributed by atoms with E-state index in [4.69, 9.17) is 10.5 Å². The van der Waals surface area contributed by atoms with Gasteiger partial charge in [-0.15, -0.1) is 0 Å². The molecule has 0 aliphatic carbocycles. The largest absolute Gasteiger partial charge is 0.465 e. The van der Waals surface area contributed by atoms with Crippen molar-refractivity contribution >= 4 is 17.3 Å². The number of methoxy groups -OCH3 is 1. The van der Waals surface area contributed by atoms with E-state index in [0.29, 0.717) is 17.2 Å². The molecule has 19 heavy (non-hydrogen) atoms. The molecular formula is C15H22N2O2. The summed E-state index contributed by atoms with van der Waals surface area (Å²) in [6.45, 7) is 6.60. The fraction of sp³-hybridized carbons (Fsp3) is 0.533. The molecule has 4 heteroatoms. The zero-order valence-electron chi connectivity index (χ0n) is 11.8. The lowest BCUT2D eigenvalue weighted by Crippen LogP contribution is -2.21. The van der Waals surface area contributed by atoms with Gasteiger partial charge in [-0.3, -0.25) is 0 Å². The number of carbonyl (C=O) groups excluding carboxylic acids is 1. The van der Waals surface area contributed by atoms with Crippen LogP contribution in [0, 0.1) is 11.8 Å². The van der Waals surface area contributed by atoms with Gasteiger partial charge in [0.15, 0.2) is 0 Å². The number of anilines is 2. The van der Waals surface area contributed by atoms with Crippen LogP contribution >= 0.6 is 0 Å². The van der Waals surface area contributed by atoms with Crippen LogP contribution in [0.15, 0.2) is 18.2 Å². The first kappa shape index (κ1) is 13.7. The molecule has 1 aromatic rings. The van der Waals surface area contributed by atoms with Crippen molar-refractivity contribution in [1.29, 1.82) is 0 Å². The van der Waals surface area contributed by atoms with Gasteiger partial charge in [-0.05, 0) is 36.5 Å². The summed E-state index contributed by atoms with van der Waals surface area (Å²) in [5, 5.41) is 0. The maximum atomic E-state index is 11.7. The zero-order chi connectivity index (χ0) is 14.0. The second-order valence-electron chi connectivity index (χ2n) is 5.50. The second kappa shape index (κ2) is 5.51. The lowest BCUT2D eigenvalue weighted by molar-refractivity contribution is 0.0602. The number of nitrogens with two attached hydrogens (primary N) is 1. The number of hydrogen-bond acceptors (Lipinski definition) is 4. The molecule has 0 spiro atoms.